The Labute approximate surface area is 142 Å². The quantitative estimate of drug-likeness (QED) is 0.232. The van der Waals surface area contributed by atoms with E-state index in [1.165, 1.54) is 12.1 Å². The summed E-state index contributed by atoms with van der Waals surface area (Å²) >= 11 is 4.90. The smallest absolute Gasteiger partial charge is 0.298 e. The van der Waals surface area contributed by atoms with Gasteiger partial charge in [0.1, 0.15) is 16.2 Å². The van der Waals surface area contributed by atoms with Crippen LogP contribution in [0.5, 0.6) is 5.75 Å². The van der Waals surface area contributed by atoms with Crippen molar-refractivity contribution in [3.63, 3.8) is 0 Å². The summed E-state index contributed by atoms with van der Waals surface area (Å²) < 4.78 is 31.5. The van der Waals surface area contributed by atoms with Crippen LogP contribution in [0.25, 0.3) is 6.08 Å². The standard InChI is InChI=1S/C14H12N2O6S2/c1-2-5-16-13(19)9(12(18)15-14(16)23)6-8-3-4-10(17)11(7-8)24(20,21)22/h2-4,6-7,17H,1,5H2,(H,15,18,23)(H,20,21,22). The molecule has 0 spiro atoms. The first-order valence-corrected chi connectivity index (χ1v) is 8.30. The fraction of sp³-hybridized carbons (Fsp3) is 0.0714. The number of amides is 2. The van der Waals surface area contributed by atoms with Crippen molar-refractivity contribution < 1.29 is 27.7 Å². The van der Waals surface area contributed by atoms with E-state index in [9.17, 15) is 23.1 Å². The van der Waals surface area contributed by atoms with Gasteiger partial charge in [0.15, 0.2) is 5.11 Å². The fourth-order valence-corrected chi connectivity index (χ4v) is 2.85. The summed E-state index contributed by atoms with van der Waals surface area (Å²) in [6, 6.07) is 3.23. The van der Waals surface area contributed by atoms with Gasteiger partial charge in [-0.3, -0.25) is 24.4 Å². The lowest BCUT2D eigenvalue weighted by molar-refractivity contribution is -0.128. The molecule has 0 saturated carbocycles. The molecule has 2 amide bonds. The molecule has 0 unspecified atom stereocenters. The molecule has 10 heteroatoms. The zero-order valence-corrected chi connectivity index (χ0v) is 13.7. The predicted molar refractivity (Wildman–Crippen MR) is 88.5 cm³/mol. The van der Waals surface area contributed by atoms with Gasteiger partial charge < -0.3 is 5.11 Å². The van der Waals surface area contributed by atoms with Gasteiger partial charge in [0.25, 0.3) is 21.9 Å². The number of hydrogen-bond acceptors (Lipinski definition) is 6. The molecule has 0 bridgehead atoms. The molecule has 1 aliphatic heterocycles. The fourth-order valence-electron chi connectivity index (χ4n) is 1.98. The van der Waals surface area contributed by atoms with Gasteiger partial charge in [-0.25, -0.2) is 0 Å². The lowest BCUT2D eigenvalue weighted by Crippen LogP contribution is -2.53. The van der Waals surface area contributed by atoms with E-state index in [-0.39, 0.29) is 22.8 Å². The maximum Gasteiger partial charge on any atom is 0.298 e. The van der Waals surface area contributed by atoms with E-state index in [4.69, 9.17) is 16.8 Å². The van der Waals surface area contributed by atoms with Crippen molar-refractivity contribution >= 4 is 45.3 Å². The number of aromatic hydroxyl groups is 1. The molecule has 3 N–H and O–H groups in total. The first kappa shape index (κ1) is 17.8. The van der Waals surface area contributed by atoms with Crippen LogP contribution in [0, 0.1) is 0 Å². The molecule has 0 atom stereocenters. The third-order valence-electron chi connectivity index (χ3n) is 3.07. The number of nitrogens with one attached hydrogen (secondary N) is 1. The number of thiocarbonyl (C=S) groups is 1. The molecule has 24 heavy (non-hydrogen) atoms. The Hall–Kier alpha value is -2.56. The van der Waals surface area contributed by atoms with Crippen LogP contribution in [0.1, 0.15) is 5.56 Å². The second kappa shape index (κ2) is 6.51. The highest BCUT2D eigenvalue weighted by atomic mass is 32.2. The highest BCUT2D eigenvalue weighted by Gasteiger charge is 2.32. The van der Waals surface area contributed by atoms with Crippen molar-refractivity contribution in [1.82, 2.24) is 10.2 Å². The SMILES string of the molecule is C=CCN1C(=O)C(=Cc2ccc(O)c(S(=O)(=O)O)c2)C(=O)NC1=S. The summed E-state index contributed by atoms with van der Waals surface area (Å²) in [7, 11) is -4.66. The molecule has 0 aromatic heterocycles. The Balaban J connectivity index is 2.50. The van der Waals surface area contributed by atoms with E-state index < -0.39 is 32.6 Å². The summed E-state index contributed by atoms with van der Waals surface area (Å²) in [6.07, 6.45) is 2.56. The van der Waals surface area contributed by atoms with E-state index in [0.717, 1.165) is 23.1 Å². The molecule has 0 radical (unpaired) electrons. The minimum absolute atomic E-state index is 0.0635. The molecule has 1 heterocycles. The third kappa shape index (κ3) is 3.50. The van der Waals surface area contributed by atoms with E-state index in [1.54, 1.807) is 0 Å². The molecular formula is C14H12N2O6S2. The highest BCUT2D eigenvalue weighted by molar-refractivity contribution is 7.86. The second-order valence-corrected chi connectivity index (χ2v) is 6.50. The summed E-state index contributed by atoms with van der Waals surface area (Å²) in [5, 5.41) is 11.8. The lowest BCUT2D eigenvalue weighted by atomic mass is 10.1. The molecule has 1 aromatic carbocycles. The maximum absolute atomic E-state index is 12.3. The van der Waals surface area contributed by atoms with Crippen LogP contribution >= 0.6 is 12.2 Å². The number of hydrogen-bond donors (Lipinski definition) is 3. The molecule has 0 aliphatic carbocycles. The largest absolute Gasteiger partial charge is 0.506 e. The van der Waals surface area contributed by atoms with Gasteiger partial charge in [-0.15, -0.1) is 6.58 Å². The van der Waals surface area contributed by atoms with Crippen LogP contribution in [0.4, 0.5) is 0 Å². The van der Waals surface area contributed by atoms with Crippen molar-refractivity contribution in [2.75, 3.05) is 6.54 Å². The number of phenols is 1. The van der Waals surface area contributed by atoms with Gasteiger partial charge in [0.2, 0.25) is 0 Å². The molecule has 1 aliphatic rings. The molecule has 1 saturated heterocycles. The van der Waals surface area contributed by atoms with Gasteiger partial charge in [0.05, 0.1) is 0 Å². The minimum Gasteiger partial charge on any atom is -0.506 e. The Morgan fingerprint density at radius 1 is 1.33 bits per heavy atom. The first-order chi connectivity index (χ1) is 11.1. The second-order valence-electron chi connectivity index (χ2n) is 4.72. The molecule has 126 valence electrons. The van der Waals surface area contributed by atoms with Crippen LogP contribution in [-0.4, -0.2) is 46.4 Å². The van der Waals surface area contributed by atoms with Crippen LogP contribution < -0.4 is 5.32 Å². The third-order valence-corrected chi connectivity index (χ3v) is 4.28. The van der Waals surface area contributed by atoms with Crippen molar-refractivity contribution in [1.29, 1.82) is 0 Å². The van der Waals surface area contributed by atoms with Crippen molar-refractivity contribution in [3.05, 3.63) is 42.0 Å². The number of carbonyl (C=O) groups is 2. The summed E-state index contributed by atoms with van der Waals surface area (Å²) in [6.45, 7) is 3.58. The van der Waals surface area contributed by atoms with Crippen LogP contribution in [0.3, 0.4) is 0 Å². The zero-order valence-electron chi connectivity index (χ0n) is 12.1. The summed E-state index contributed by atoms with van der Waals surface area (Å²) in [5.74, 6) is -2.08. The van der Waals surface area contributed by atoms with Gasteiger partial charge in [0, 0.05) is 6.54 Å². The number of rotatable bonds is 4. The Kier molecular flexibility index (Phi) is 4.83. The lowest BCUT2D eigenvalue weighted by Gasteiger charge is -2.27. The Bertz CT molecular complexity index is 889. The normalized spacial score (nSPS) is 17.1. The Morgan fingerprint density at radius 3 is 2.58 bits per heavy atom. The topological polar surface area (TPSA) is 124 Å². The maximum atomic E-state index is 12.3. The van der Waals surface area contributed by atoms with Crippen molar-refractivity contribution in [3.8, 4) is 5.75 Å². The van der Waals surface area contributed by atoms with E-state index in [2.05, 4.69) is 11.9 Å². The number of nitrogens with zero attached hydrogens (tertiary/aromatic N) is 1. The molecule has 8 nitrogen and oxygen atoms in total. The van der Waals surface area contributed by atoms with E-state index >= 15 is 0 Å². The molecule has 1 aromatic rings. The zero-order chi connectivity index (χ0) is 18.1. The Morgan fingerprint density at radius 2 is 2.00 bits per heavy atom. The van der Waals surface area contributed by atoms with Crippen LogP contribution in [-0.2, 0) is 19.7 Å². The number of benzene rings is 1. The number of phenolic OH excluding ortho intramolecular Hbond substituents is 1. The van der Waals surface area contributed by atoms with Gasteiger partial charge in [-0.1, -0.05) is 12.1 Å². The number of carbonyl (C=O) groups excluding carboxylic acids is 2. The minimum atomic E-state index is -4.66. The van der Waals surface area contributed by atoms with Gasteiger partial charge >= 0.3 is 0 Å². The van der Waals surface area contributed by atoms with E-state index in [0.29, 0.717) is 0 Å². The van der Waals surface area contributed by atoms with Gasteiger partial charge in [-0.05, 0) is 36.0 Å². The molecule has 1 fully saturated rings. The average Bonchev–Trinajstić information content (AvgIpc) is 2.48. The first-order valence-electron chi connectivity index (χ1n) is 6.45. The van der Waals surface area contributed by atoms with Crippen molar-refractivity contribution in [2.45, 2.75) is 4.90 Å². The predicted octanol–water partition coefficient (Wildman–Crippen LogP) is 0.452. The average molecular weight is 368 g/mol. The van der Waals surface area contributed by atoms with Crippen LogP contribution in [0.15, 0.2) is 41.3 Å². The molecular weight excluding hydrogens is 356 g/mol. The summed E-state index contributed by atoms with van der Waals surface area (Å²) in [4.78, 5) is 24.7. The van der Waals surface area contributed by atoms with E-state index in [1.807, 2.05) is 0 Å². The molecule has 2 rings (SSSR count). The highest BCUT2D eigenvalue weighted by Crippen LogP contribution is 2.25. The van der Waals surface area contributed by atoms with Crippen molar-refractivity contribution in [2.24, 2.45) is 0 Å². The summed E-state index contributed by atoms with van der Waals surface area (Å²) in [5.41, 5.74) is -0.164. The monoisotopic (exact) mass is 368 g/mol. The van der Waals surface area contributed by atoms with Crippen LogP contribution in [0.2, 0.25) is 0 Å². The van der Waals surface area contributed by atoms with Gasteiger partial charge in [-0.2, -0.15) is 8.42 Å².